The van der Waals surface area contributed by atoms with Crippen LogP contribution < -0.4 is 30.0 Å². The maximum Gasteiger partial charge on any atom is -1.00 e. The summed E-state index contributed by atoms with van der Waals surface area (Å²) in [5.74, 6) is -1.06. The van der Waals surface area contributed by atoms with Gasteiger partial charge in [0.15, 0.2) is 0 Å². The fraction of sp³-hybridized carbons (Fsp3) is 0.241. The molecule has 5 rings (SSSR count). The maximum absolute atomic E-state index is 2.67. The van der Waals surface area contributed by atoms with Gasteiger partial charge in [-0.2, -0.15) is 0 Å². The molecule has 4 heteroatoms. The van der Waals surface area contributed by atoms with E-state index in [1.54, 1.807) is 16.3 Å². The van der Waals surface area contributed by atoms with E-state index in [9.17, 15) is 0 Å². The Morgan fingerprint density at radius 1 is 0.606 bits per heavy atom. The summed E-state index contributed by atoms with van der Waals surface area (Å²) in [6.45, 7) is 11.9. The topological polar surface area (TPSA) is 0 Å². The van der Waals surface area contributed by atoms with Crippen molar-refractivity contribution in [3.63, 3.8) is 0 Å². The molecule has 169 valence electrons. The molecule has 3 aromatic rings. The number of rotatable bonds is 4. The zero-order chi connectivity index (χ0) is 21.7. The monoisotopic (exact) mass is 657 g/mol. The molecule has 0 saturated carbocycles. The van der Waals surface area contributed by atoms with Crippen LogP contribution in [0.3, 0.4) is 0 Å². The Balaban J connectivity index is 0.00000153. The zero-order valence-electron chi connectivity index (χ0n) is 20.0. The summed E-state index contributed by atoms with van der Waals surface area (Å²) in [6.07, 6.45) is 10.2. The van der Waals surface area contributed by atoms with Gasteiger partial charge >= 0.3 is 197 Å². The summed E-state index contributed by atoms with van der Waals surface area (Å²) in [5, 5.41) is 1.67. The number of allylic oxidation sites excluding steroid dienone is 2. The molecule has 3 aromatic carbocycles. The Bertz CT molecular complexity index is 1140. The van der Waals surface area contributed by atoms with Crippen molar-refractivity contribution in [2.75, 3.05) is 0 Å². The van der Waals surface area contributed by atoms with Crippen molar-refractivity contribution in [3.05, 3.63) is 111 Å². The SMILES string of the molecule is Cc1ccc(C)c2c1C=C[CH]2[Hf+2]([CH]1C=Cc2c(C)ccc(C)c21)[SiH](C)c1ccccc1.[Cl-].[Cl-]. The first-order valence-electron chi connectivity index (χ1n) is 11.5. The molecule has 0 nitrogen and oxygen atoms in total. The van der Waals surface area contributed by atoms with Crippen LogP contribution in [0.25, 0.3) is 12.2 Å². The van der Waals surface area contributed by atoms with Gasteiger partial charge in [0.2, 0.25) is 0 Å². The molecule has 33 heavy (non-hydrogen) atoms. The van der Waals surface area contributed by atoms with Crippen LogP contribution in [0.15, 0.2) is 66.7 Å². The van der Waals surface area contributed by atoms with Crippen LogP contribution in [0.1, 0.15) is 51.9 Å². The molecule has 0 fully saturated rings. The normalized spacial score (nSPS) is 18.2. The Hall–Kier alpha value is -1.19. The van der Waals surface area contributed by atoms with E-state index in [0.29, 0.717) is 7.35 Å². The Labute approximate surface area is 220 Å². The van der Waals surface area contributed by atoms with Crippen molar-refractivity contribution in [2.24, 2.45) is 0 Å². The molecular formula is C29H31Cl2HfSi. The average molecular weight is 657 g/mol. The zero-order valence-corrected chi connectivity index (χ0v) is 26.3. The molecule has 0 radical (unpaired) electrons. The minimum atomic E-state index is -2.27. The van der Waals surface area contributed by atoms with Crippen molar-refractivity contribution in [1.82, 2.24) is 0 Å². The van der Waals surface area contributed by atoms with Crippen molar-refractivity contribution < 1.29 is 45.4 Å². The van der Waals surface area contributed by atoms with E-state index in [-0.39, 0.29) is 24.8 Å². The van der Waals surface area contributed by atoms with Crippen LogP contribution >= 0.6 is 0 Å². The van der Waals surface area contributed by atoms with Crippen LogP contribution in [0, 0.1) is 27.7 Å². The number of halogens is 2. The van der Waals surface area contributed by atoms with Crippen molar-refractivity contribution in [2.45, 2.75) is 41.6 Å². The van der Waals surface area contributed by atoms with Crippen molar-refractivity contribution in [1.29, 1.82) is 0 Å². The molecule has 0 saturated heterocycles. The van der Waals surface area contributed by atoms with Gasteiger partial charge in [-0.25, -0.2) is 0 Å². The largest absolute Gasteiger partial charge is 1.00 e. The number of hydrogen-bond acceptors (Lipinski definition) is 0. The van der Waals surface area contributed by atoms with Crippen molar-refractivity contribution >= 4 is 23.3 Å². The fourth-order valence-corrected chi connectivity index (χ4v) is 39.2. The number of aryl methyl sites for hydroxylation is 4. The second-order valence-corrected chi connectivity index (χ2v) is 34.3. The van der Waals surface area contributed by atoms with Gasteiger partial charge in [-0.05, 0) is 0 Å². The van der Waals surface area contributed by atoms with E-state index in [4.69, 9.17) is 0 Å². The van der Waals surface area contributed by atoms with Gasteiger partial charge in [0, 0.05) is 0 Å². The first-order valence-corrected chi connectivity index (χ1v) is 24.1. The van der Waals surface area contributed by atoms with E-state index < -0.39 is 26.6 Å². The van der Waals surface area contributed by atoms with Gasteiger partial charge in [-0.1, -0.05) is 0 Å². The molecular weight excluding hydrogens is 626 g/mol. The molecule has 2 aliphatic rings. The predicted molar refractivity (Wildman–Crippen MR) is 134 cm³/mol. The van der Waals surface area contributed by atoms with E-state index in [0.717, 1.165) is 0 Å². The average Bonchev–Trinajstić information content (AvgIpc) is 3.41. The minimum absolute atomic E-state index is 0. The molecule has 3 atom stereocenters. The fourth-order valence-electron chi connectivity index (χ4n) is 5.78. The maximum atomic E-state index is 2.67. The quantitative estimate of drug-likeness (QED) is 0.362. The van der Waals surface area contributed by atoms with Crippen LogP contribution in [0.2, 0.25) is 6.55 Å². The van der Waals surface area contributed by atoms with Gasteiger partial charge < -0.3 is 24.8 Å². The van der Waals surface area contributed by atoms with Crippen LogP contribution in [-0.4, -0.2) is 5.98 Å². The summed E-state index contributed by atoms with van der Waals surface area (Å²) >= 11 is -2.27. The molecule has 0 amide bonds. The minimum Gasteiger partial charge on any atom is -1.00 e. The van der Waals surface area contributed by atoms with Crippen LogP contribution in [-0.2, 0) is 20.6 Å². The Morgan fingerprint density at radius 2 is 1.03 bits per heavy atom. The van der Waals surface area contributed by atoms with Gasteiger partial charge in [0.25, 0.3) is 0 Å². The molecule has 2 aliphatic carbocycles. The Kier molecular flexibility index (Phi) is 8.49. The molecule has 3 unspecified atom stereocenters. The first-order chi connectivity index (χ1) is 15.0. The molecule has 0 aliphatic heterocycles. The standard InChI is InChI=1S/2C11H11.C7H9Si.2ClH.Hf/c2*1-8-6-7-9(2)11-5-3-4-10(8)11;1-8-7-5-3-2-4-6-7;;;/h2*3-7H,1-2H3;2-6,8H,1H3;2*1H;/q;;;;;+2/p-2. The summed E-state index contributed by atoms with van der Waals surface area (Å²) in [6, 6.07) is 20.9. The predicted octanol–water partition coefficient (Wildman–Crippen LogP) is 0.643. The van der Waals surface area contributed by atoms with E-state index in [1.165, 1.54) is 33.4 Å². The van der Waals surface area contributed by atoms with Crippen LogP contribution in [0.5, 0.6) is 0 Å². The smallest absolute Gasteiger partial charge is 1.00 e. The second kappa shape index (κ2) is 10.6. The number of benzene rings is 3. The van der Waals surface area contributed by atoms with Crippen LogP contribution in [0.4, 0.5) is 0 Å². The first kappa shape index (κ1) is 26.4. The van der Waals surface area contributed by atoms with Gasteiger partial charge in [-0.3, -0.25) is 0 Å². The van der Waals surface area contributed by atoms with E-state index >= 15 is 0 Å². The third kappa shape index (κ3) is 4.57. The van der Waals surface area contributed by atoms with E-state index in [2.05, 4.69) is 113 Å². The number of fused-ring (bicyclic) bond motifs is 2. The van der Waals surface area contributed by atoms with Gasteiger partial charge in [0.05, 0.1) is 0 Å². The third-order valence-electron chi connectivity index (χ3n) is 7.50. The molecule has 0 bridgehead atoms. The molecule has 0 spiro atoms. The van der Waals surface area contributed by atoms with Crippen molar-refractivity contribution in [3.8, 4) is 0 Å². The Morgan fingerprint density at radius 3 is 1.48 bits per heavy atom. The van der Waals surface area contributed by atoms with Gasteiger partial charge in [-0.15, -0.1) is 0 Å². The third-order valence-corrected chi connectivity index (χ3v) is 38.7. The summed E-state index contributed by atoms with van der Waals surface area (Å²) in [5.41, 5.74) is 12.2. The molecule has 0 heterocycles. The summed E-state index contributed by atoms with van der Waals surface area (Å²) in [7, 11) is 0. The molecule has 0 aromatic heterocycles. The second-order valence-electron chi connectivity index (χ2n) is 9.36. The number of hydrogen-bond donors (Lipinski definition) is 0. The summed E-state index contributed by atoms with van der Waals surface area (Å²) < 4.78 is 1.39. The summed E-state index contributed by atoms with van der Waals surface area (Å²) in [4.78, 5) is 0. The molecule has 0 N–H and O–H groups in total. The van der Waals surface area contributed by atoms with E-state index in [1.807, 2.05) is 0 Å². The van der Waals surface area contributed by atoms with Gasteiger partial charge in [0.1, 0.15) is 0 Å².